The van der Waals surface area contributed by atoms with Crippen molar-refractivity contribution in [1.82, 2.24) is 9.78 Å². The summed E-state index contributed by atoms with van der Waals surface area (Å²) in [6, 6.07) is 20.5. The van der Waals surface area contributed by atoms with E-state index in [0.29, 0.717) is 10.6 Å². The Labute approximate surface area is 165 Å². The Morgan fingerprint density at radius 3 is 2.46 bits per heavy atom. The minimum atomic E-state index is -0.525. The lowest BCUT2D eigenvalue weighted by Gasteiger charge is -2.05. The highest BCUT2D eigenvalue weighted by molar-refractivity contribution is 7.20. The zero-order valence-electron chi connectivity index (χ0n) is 15.1. The van der Waals surface area contributed by atoms with Crippen molar-refractivity contribution < 1.29 is 14.3 Å². The predicted octanol–water partition coefficient (Wildman–Crippen LogP) is 4.19. The molecule has 0 aliphatic carbocycles. The second-order valence-electron chi connectivity index (χ2n) is 6.15. The molecule has 4 aromatic rings. The van der Waals surface area contributed by atoms with Crippen LogP contribution in [-0.4, -0.2) is 28.3 Å². The van der Waals surface area contributed by atoms with Crippen molar-refractivity contribution in [3.05, 3.63) is 77.3 Å². The number of hydrogen-bond acceptors (Lipinski definition) is 5. The molecular weight excluding hydrogens is 374 g/mol. The van der Waals surface area contributed by atoms with E-state index in [1.54, 1.807) is 18.2 Å². The van der Waals surface area contributed by atoms with Crippen LogP contribution in [0.15, 0.2) is 66.7 Å². The average molecular weight is 391 g/mol. The normalized spacial score (nSPS) is 10.8. The summed E-state index contributed by atoms with van der Waals surface area (Å²) in [5.74, 6) is -0.907. The number of nitrogens with zero attached hydrogens (tertiary/aromatic N) is 2. The highest BCUT2D eigenvalue weighted by Crippen LogP contribution is 2.30. The smallest absolute Gasteiger partial charge is 0.348 e. The lowest BCUT2D eigenvalue weighted by Crippen LogP contribution is -2.20. The summed E-state index contributed by atoms with van der Waals surface area (Å²) in [5, 5.41) is 8.13. The van der Waals surface area contributed by atoms with E-state index < -0.39 is 5.97 Å². The van der Waals surface area contributed by atoms with E-state index in [2.05, 4.69) is 10.4 Å². The Hall–Kier alpha value is -3.45. The Kier molecular flexibility index (Phi) is 4.90. The molecule has 4 rings (SSSR count). The molecule has 0 aliphatic rings. The van der Waals surface area contributed by atoms with E-state index in [0.717, 1.165) is 21.6 Å². The van der Waals surface area contributed by atoms with Gasteiger partial charge in [0.1, 0.15) is 9.71 Å². The summed E-state index contributed by atoms with van der Waals surface area (Å²) in [7, 11) is 0. The second kappa shape index (κ2) is 7.66. The molecule has 0 aliphatic heterocycles. The standard InChI is InChI=1S/C21H17N3O3S/c1-14-17-12-18(28-20(17)24(23-14)16-10-6-3-7-11-16)21(26)27-13-19(25)22-15-8-4-2-5-9-15/h2-12H,13H2,1H3,(H,22,25). The van der Waals surface area contributed by atoms with Gasteiger partial charge in [-0.3, -0.25) is 4.79 Å². The van der Waals surface area contributed by atoms with E-state index in [4.69, 9.17) is 4.74 Å². The second-order valence-corrected chi connectivity index (χ2v) is 7.18. The molecule has 0 bridgehead atoms. The number of amides is 1. The molecule has 1 N–H and O–H groups in total. The average Bonchev–Trinajstić information content (AvgIpc) is 3.28. The summed E-state index contributed by atoms with van der Waals surface area (Å²) in [5.41, 5.74) is 2.41. The van der Waals surface area contributed by atoms with Crippen LogP contribution in [0.3, 0.4) is 0 Å². The van der Waals surface area contributed by atoms with Crippen molar-refractivity contribution in [3.8, 4) is 5.69 Å². The summed E-state index contributed by atoms with van der Waals surface area (Å²) < 4.78 is 6.99. The molecule has 1 amide bonds. The lowest BCUT2D eigenvalue weighted by molar-refractivity contribution is -0.119. The number of aromatic nitrogens is 2. The largest absolute Gasteiger partial charge is 0.451 e. The van der Waals surface area contributed by atoms with Gasteiger partial charge in [-0.15, -0.1) is 11.3 Å². The number of aryl methyl sites for hydroxylation is 1. The first kappa shape index (κ1) is 17.9. The van der Waals surface area contributed by atoms with Crippen LogP contribution in [0.2, 0.25) is 0 Å². The molecule has 7 heteroatoms. The summed E-state index contributed by atoms with van der Waals surface area (Å²) >= 11 is 1.30. The van der Waals surface area contributed by atoms with Crippen molar-refractivity contribution in [3.63, 3.8) is 0 Å². The first-order valence-corrected chi connectivity index (χ1v) is 9.50. The van der Waals surface area contributed by atoms with Crippen LogP contribution in [0.1, 0.15) is 15.4 Å². The molecule has 140 valence electrons. The topological polar surface area (TPSA) is 73.2 Å². The molecule has 0 saturated heterocycles. The Balaban J connectivity index is 1.48. The number of esters is 1. The van der Waals surface area contributed by atoms with Crippen LogP contribution >= 0.6 is 11.3 Å². The fraction of sp³-hybridized carbons (Fsp3) is 0.0952. The van der Waals surface area contributed by atoms with Gasteiger partial charge in [0, 0.05) is 11.1 Å². The maximum absolute atomic E-state index is 12.4. The molecule has 0 radical (unpaired) electrons. The predicted molar refractivity (Wildman–Crippen MR) is 109 cm³/mol. The number of anilines is 1. The first-order valence-electron chi connectivity index (χ1n) is 8.68. The number of para-hydroxylation sites is 2. The van der Waals surface area contributed by atoms with E-state index in [-0.39, 0.29) is 12.5 Å². The number of hydrogen-bond donors (Lipinski definition) is 1. The van der Waals surface area contributed by atoms with Gasteiger partial charge in [-0.1, -0.05) is 36.4 Å². The van der Waals surface area contributed by atoms with E-state index in [1.165, 1.54) is 11.3 Å². The third-order valence-electron chi connectivity index (χ3n) is 4.14. The fourth-order valence-electron chi connectivity index (χ4n) is 2.81. The zero-order chi connectivity index (χ0) is 19.5. The van der Waals surface area contributed by atoms with Gasteiger partial charge in [0.05, 0.1) is 11.4 Å². The van der Waals surface area contributed by atoms with Gasteiger partial charge >= 0.3 is 5.97 Å². The lowest BCUT2D eigenvalue weighted by atomic mass is 10.3. The Morgan fingerprint density at radius 2 is 1.75 bits per heavy atom. The third kappa shape index (κ3) is 3.65. The molecule has 2 aromatic heterocycles. The fourth-order valence-corrected chi connectivity index (χ4v) is 3.89. The molecule has 6 nitrogen and oxygen atoms in total. The number of rotatable bonds is 5. The maximum atomic E-state index is 12.4. The van der Waals surface area contributed by atoms with Crippen molar-refractivity contribution in [1.29, 1.82) is 0 Å². The minimum Gasteiger partial charge on any atom is -0.451 e. The number of ether oxygens (including phenoxy) is 1. The molecule has 2 aromatic carbocycles. The molecule has 28 heavy (non-hydrogen) atoms. The maximum Gasteiger partial charge on any atom is 0.348 e. The third-order valence-corrected chi connectivity index (χ3v) is 5.23. The van der Waals surface area contributed by atoms with Gasteiger partial charge in [-0.2, -0.15) is 5.10 Å². The van der Waals surface area contributed by atoms with E-state index in [9.17, 15) is 9.59 Å². The number of carbonyl (C=O) groups is 2. The van der Waals surface area contributed by atoms with Crippen LogP contribution in [0, 0.1) is 6.92 Å². The molecular formula is C21H17N3O3S. The summed E-state index contributed by atoms with van der Waals surface area (Å²) in [6.45, 7) is 1.56. The molecule has 0 saturated carbocycles. The van der Waals surface area contributed by atoms with Crippen LogP contribution in [0.5, 0.6) is 0 Å². The van der Waals surface area contributed by atoms with Gasteiger partial charge in [0.25, 0.3) is 5.91 Å². The van der Waals surface area contributed by atoms with Gasteiger partial charge < -0.3 is 10.1 Å². The van der Waals surface area contributed by atoms with Gasteiger partial charge in [0.2, 0.25) is 0 Å². The highest BCUT2D eigenvalue weighted by Gasteiger charge is 2.18. The van der Waals surface area contributed by atoms with Crippen LogP contribution in [0.4, 0.5) is 5.69 Å². The molecule has 0 fully saturated rings. The van der Waals surface area contributed by atoms with Crippen molar-refractivity contribution >= 4 is 39.1 Å². The Bertz CT molecular complexity index is 1130. The van der Waals surface area contributed by atoms with Gasteiger partial charge in [-0.25, -0.2) is 9.48 Å². The molecule has 0 spiro atoms. The molecule has 0 atom stereocenters. The van der Waals surface area contributed by atoms with Gasteiger partial charge in [-0.05, 0) is 37.3 Å². The van der Waals surface area contributed by atoms with Crippen LogP contribution in [-0.2, 0) is 9.53 Å². The minimum absolute atomic E-state index is 0.342. The summed E-state index contributed by atoms with van der Waals surface area (Å²) in [4.78, 5) is 25.7. The van der Waals surface area contributed by atoms with Crippen LogP contribution < -0.4 is 5.32 Å². The summed E-state index contributed by atoms with van der Waals surface area (Å²) in [6.07, 6.45) is 0. The monoisotopic (exact) mass is 391 g/mol. The number of fused-ring (bicyclic) bond motifs is 1. The van der Waals surface area contributed by atoms with E-state index >= 15 is 0 Å². The number of thiophene rings is 1. The van der Waals surface area contributed by atoms with E-state index in [1.807, 2.05) is 60.1 Å². The van der Waals surface area contributed by atoms with Crippen molar-refractivity contribution in [2.75, 3.05) is 11.9 Å². The van der Waals surface area contributed by atoms with Crippen molar-refractivity contribution in [2.45, 2.75) is 6.92 Å². The van der Waals surface area contributed by atoms with Crippen molar-refractivity contribution in [2.24, 2.45) is 0 Å². The molecule has 2 heterocycles. The number of carbonyl (C=O) groups excluding carboxylic acids is 2. The van der Waals surface area contributed by atoms with Gasteiger partial charge in [0.15, 0.2) is 6.61 Å². The molecule has 0 unspecified atom stereocenters. The Morgan fingerprint density at radius 1 is 1.07 bits per heavy atom. The number of benzene rings is 2. The quantitative estimate of drug-likeness (QED) is 0.518. The number of nitrogens with one attached hydrogen (secondary N) is 1. The first-order chi connectivity index (χ1) is 13.6. The van der Waals surface area contributed by atoms with Crippen LogP contribution in [0.25, 0.3) is 15.9 Å². The SMILES string of the molecule is Cc1nn(-c2ccccc2)c2sc(C(=O)OCC(=O)Nc3ccccc3)cc12. The highest BCUT2D eigenvalue weighted by atomic mass is 32.1. The zero-order valence-corrected chi connectivity index (χ0v) is 15.9.